The van der Waals surface area contributed by atoms with E-state index in [-0.39, 0.29) is 11.8 Å². The molecule has 1 unspecified atom stereocenters. The minimum absolute atomic E-state index is 0.0862. The number of rotatable bonds is 3. The molecular formula is C12H16ClN3O. The number of halogens is 1. The Kier molecular flexibility index (Phi) is 3.54. The van der Waals surface area contributed by atoms with Crippen LogP contribution in [0.5, 0.6) is 0 Å². The van der Waals surface area contributed by atoms with Crippen LogP contribution < -0.4 is 16.4 Å². The molecular weight excluding hydrogens is 238 g/mol. The van der Waals surface area contributed by atoms with E-state index in [9.17, 15) is 4.79 Å². The van der Waals surface area contributed by atoms with E-state index in [1.54, 1.807) is 0 Å². The first-order chi connectivity index (χ1) is 8.13. The number of primary amides is 1. The molecule has 1 saturated heterocycles. The molecule has 0 spiro atoms. The zero-order valence-electron chi connectivity index (χ0n) is 9.53. The molecule has 92 valence electrons. The minimum Gasteiger partial charge on any atom is -0.369 e. The molecule has 1 aliphatic rings. The number of hydrogen-bond acceptors (Lipinski definition) is 3. The molecule has 1 atom stereocenters. The van der Waals surface area contributed by atoms with Gasteiger partial charge in [0, 0.05) is 19.6 Å². The number of carbonyl (C=O) groups is 1. The quantitative estimate of drug-likeness (QED) is 0.848. The second-order valence-corrected chi connectivity index (χ2v) is 4.69. The van der Waals surface area contributed by atoms with Crippen molar-refractivity contribution in [1.29, 1.82) is 0 Å². The lowest BCUT2D eigenvalue weighted by Crippen LogP contribution is -2.28. The number of anilines is 1. The van der Waals surface area contributed by atoms with Crippen molar-refractivity contribution in [2.45, 2.75) is 13.0 Å². The van der Waals surface area contributed by atoms with Crippen molar-refractivity contribution in [2.24, 2.45) is 17.4 Å². The van der Waals surface area contributed by atoms with Gasteiger partial charge < -0.3 is 16.4 Å². The minimum atomic E-state index is -0.242. The number of hydrogen-bond donors (Lipinski definition) is 2. The van der Waals surface area contributed by atoms with E-state index < -0.39 is 0 Å². The monoisotopic (exact) mass is 253 g/mol. The van der Waals surface area contributed by atoms with Crippen molar-refractivity contribution in [2.75, 3.05) is 18.0 Å². The predicted molar refractivity (Wildman–Crippen MR) is 68.9 cm³/mol. The Bertz CT molecular complexity index is 436. The van der Waals surface area contributed by atoms with Crippen molar-refractivity contribution < 1.29 is 4.79 Å². The van der Waals surface area contributed by atoms with E-state index in [1.807, 2.05) is 18.2 Å². The summed E-state index contributed by atoms with van der Waals surface area (Å²) in [7, 11) is 0. The van der Waals surface area contributed by atoms with Gasteiger partial charge in [-0.15, -0.1) is 0 Å². The molecule has 1 aromatic rings. The van der Waals surface area contributed by atoms with Crippen molar-refractivity contribution in [3.05, 3.63) is 28.8 Å². The molecule has 1 fully saturated rings. The maximum atomic E-state index is 11.2. The Morgan fingerprint density at radius 1 is 1.53 bits per heavy atom. The van der Waals surface area contributed by atoms with Gasteiger partial charge in [-0.1, -0.05) is 23.7 Å². The van der Waals surface area contributed by atoms with Crippen LogP contribution >= 0.6 is 11.6 Å². The van der Waals surface area contributed by atoms with Crippen molar-refractivity contribution in [1.82, 2.24) is 0 Å². The molecule has 0 saturated carbocycles. The maximum absolute atomic E-state index is 11.2. The van der Waals surface area contributed by atoms with Crippen LogP contribution in [0.25, 0.3) is 0 Å². The number of amides is 1. The van der Waals surface area contributed by atoms with Crippen LogP contribution in [-0.4, -0.2) is 19.0 Å². The van der Waals surface area contributed by atoms with E-state index >= 15 is 0 Å². The number of benzene rings is 1. The Balaban J connectivity index is 2.26. The third kappa shape index (κ3) is 2.37. The summed E-state index contributed by atoms with van der Waals surface area (Å²) in [5.74, 6) is -0.328. The van der Waals surface area contributed by atoms with Crippen LogP contribution in [-0.2, 0) is 11.3 Å². The van der Waals surface area contributed by atoms with Crippen molar-refractivity contribution >= 4 is 23.2 Å². The van der Waals surface area contributed by atoms with Gasteiger partial charge >= 0.3 is 0 Å². The van der Waals surface area contributed by atoms with E-state index in [1.165, 1.54) is 0 Å². The number of nitrogens with zero attached hydrogens (tertiary/aromatic N) is 1. The van der Waals surface area contributed by atoms with Gasteiger partial charge in [-0.05, 0) is 18.1 Å². The summed E-state index contributed by atoms with van der Waals surface area (Å²) in [5.41, 5.74) is 13.0. The van der Waals surface area contributed by atoms with Gasteiger partial charge in [-0.25, -0.2) is 0 Å². The van der Waals surface area contributed by atoms with E-state index in [0.717, 1.165) is 24.2 Å². The highest BCUT2D eigenvalue weighted by atomic mass is 35.5. The molecule has 2 rings (SSSR count). The molecule has 0 radical (unpaired) electrons. The SMILES string of the molecule is NCc1cccc(Cl)c1N1CCC(C(N)=O)C1. The molecule has 1 aliphatic heterocycles. The Labute approximate surface area is 106 Å². The van der Waals surface area contributed by atoms with Crippen LogP contribution in [0, 0.1) is 5.92 Å². The number of carbonyl (C=O) groups excluding carboxylic acids is 1. The van der Waals surface area contributed by atoms with E-state index in [4.69, 9.17) is 23.1 Å². The molecule has 0 aromatic heterocycles. The highest BCUT2D eigenvalue weighted by Crippen LogP contribution is 2.33. The van der Waals surface area contributed by atoms with Crippen LogP contribution in [0.15, 0.2) is 18.2 Å². The Morgan fingerprint density at radius 3 is 2.88 bits per heavy atom. The lowest BCUT2D eigenvalue weighted by atomic mass is 10.1. The fraction of sp³-hybridized carbons (Fsp3) is 0.417. The van der Waals surface area contributed by atoms with Gasteiger partial charge in [-0.2, -0.15) is 0 Å². The average molecular weight is 254 g/mol. The maximum Gasteiger partial charge on any atom is 0.222 e. The van der Waals surface area contributed by atoms with Gasteiger partial charge in [0.2, 0.25) is 5.91 Å². The fourth-order valence-corrected chi connectivity index (χ4v) is 2.59. The van der Waals surface area contributed by atoms with Gasteiger partial charge in [0.15, 0.2) is 0 Å². The zero-order valence-corrected chi connectivity index (χ0v) is 10.3. The molecule has 1 amide bonds. The lowest BCUT2D eigenvalue weighted by molar-refractivity contribution is -0.121. The van der Waals surface area contributed by atoms with Gasteiger partial charge in [0.25, 0.3) is 0 Å². The number of para-hydroxylation sites is 1. The van der Waals surface area contributed by atoms with Crippen molar-refractivity contribution in [3.8, 4) is 0 Å². The topological polar surface area (TPSA) is 72.3 Å². The Morgan fingerprint density at radius 2 is 2.29 bits per heavy atom. The molecule has 4 nitrogen and oxygen atoms in total. The van der Waals surface area contributed by atoms with Crippen molar-refractivity contribution in [3.63, 3.8) is 0 Å². The van der Waals surface area contributed by atoms with E-state index in [0.29, 0.717) is 18.1 Å². The third-order valence-electron chi connectivity index (χ3n) is 3.20. The first-order valence-electron chi connectivity index (χ1n) is 5.65. The molecule has 5 heteroatoms. The summed E-state index contributed by atoms with van der Waals surface area (Å²) in [6.07, 6.45) is 0.782. The summed E-state index contributed by atoms with van der Waals surface area (Å²) < 4.78 is 0. The summed E-state index contributed by atoms with van der Waals surface area (Å²) in [6, 6.07) is 5.68. The second-order valence-electron chi connectivity index (χ2n) is 4.29. The van der Waals surface area contributed by atoms with E-state index in [2.05, 4.69) is 4.90 Å². The normalized spacial score (nSPS) is 19.6. The summed E-state index contributed by atoms with van der Waals surface area (Å²) in [6.45, 7) is 1.87. The van der Waals surface area contributed by atoms with Gasteiger partial charge in [0.1, 0.15) is 0 Å². The highest BCUT2D eigenvalue weighted by molar-refractivity contribution is 6.33. The first kappa shape index (κ1) is 12.2. The standard InChI is InChI=1S/C12H16ClN3O/c13-10-3-1-2-8(6-14)11(10)16-5-4-9(7-16)12(15)17/h1-3,9H,4-7,14H2,(H2,15,17). The highest BCUT2D eigenvalue weighted by Gasteiger charge is 2.28. The molecule has 1 heterocycles. The zero-order chi connectivity index (χ0) is 12.4. The fourth-order valence-electron chi connectivity index (χ4n) is 2.27. The van der Waals surface area contributed by atoms with Crippen LogP contribution in [0.2, 0.25) is 5.02 Å². The second kappa shape index (κ2) is 4.94. The molecule has 0 aliphatic carbocycles. The smallest absolute Gasteiger partial charge is 0.222 e. The largest absolute Gasteiger partial charge is 0.369 e. The predicted octanol–water partition coefficient (Wildman–Crippen LogP) is 1.11. The Hall–Kier alpha value is -1.26. The number of nitrogens with two attached hydrogens (primary N) is 2. The van der Waals surface area contributed by atoms with Gasteiger partial charge in [-0.3, -0.25) is 4.79 Å². The first-order valence-corrected chi connectivity index (χ1v) is 6.03. The third-order valence-corrected chi connectivity index (χ3v) is 3.50. The van der Waals surface area contributed by atoms with Gasteiger partial charge in [0.05, 0.1) is 16.6 Å². The summed E-state index contributed by atoms with van der Waals surface area (Å²) >= 11 is 6.20. The summed E-state index contributed by atoms with van der Waals surface area (Å²) in [4.78, 5) is 13.3. The van der Waals surface area contributed by atoms with Crippen LogP contribution in [0.4, 0.5) is 5.69 Å². The summed E-state index contributed by atoms with van der Waals surface area (Å²) in [5, 5.41) is 0.679. The molecule has 0 bridgehead atoms. The average Bonchev–Trinajstić information content (AvgIpc) is 2.77. The lowest BCUT2D eigenvalue weighted by Gasteiger charge is -2.22. The van der Waals surface area contributed by atoms with Crippen LogP contribution in [0.3, 0.4) is 0 Å². The molecule has 4 N–H and O–H groups in total. The van der Waals surface area contributed by atoms with Crippen LogP contribution in [0.1, 0.15) is 12.0 Å². The molecule has 17 heavy (non-hydrogen) atoms. The molecule has 1 aromatic carbocycles.